The van der Waals surface area contributed by atoms with E-state index in [0.29, 0.717) is 37.9 Å². The Balaban J connectivity index is 1.86. The molecular weight excluding hydrogens is 421 g/mol. The predicted octanol–water partition coefficient (Wildman–Crippen LogP) is 5.29. The molecule has 1 aliphatic heterocycles. The molecule has 0 saturated carbocycles. The molecule has 28 heavy (non-hydrogen) atoms. The average molecular weight is 438 g/mol. The van der Waals surface area contributed by atoms with Gasteiger partial charge in [-0.05, 0) is 48.4 Å². The summed E-state index contributed by atoms with van der Waals surface area (Å²) in [5.74, 6) is 0.405. The molecule has 0 unspecified atom stereocenters. The van der Waals surface area contributed by atoms with Crippen molar-refractivity contribution in [3.05, 3.63) is 63.3 Å². The summed E-state index contributed by atoms with van der Waals surface area (Å²) in [5.41, 5.74) is 1.51. The van der Waals surface area contributed by atoms with Crippen LogP contribution in [0.3, 0.4) is 0 Å². The third-order valence-corrected chi connectivity index (χ3v) is 5.68. The lowest BCUT2D eigenvalue weighted by Crippen LogP contribution is -2.22. The minimum absolute atomic E-state index is 0.152. The molecule has 0 atom stereocenters. The van der Waals surface area contributed by atoms with E-state index in [1.165, 1.54) is 28.8 Å². The molecule has 4 nitrogen and oxygen atoms in total. The van der Waals surface area contributed by atoms with Crippen molar-refractivity contribution in [1.82, 2.24) is 4.90 Å². The number of hydrogen-bond donors (Lipinski definition) is 0. The van der Waals surface area contributed by atoms with Gasteiger partial charge in [-0.1, -0.05) is 47.7 Å². The molecule has 3 rings (SSSR count). The third-order valence-electron chi connectivity index (χ3n) is 3.91. The van der Waals surface area contributed by atoms with Gasteiger partial charge in [0.25, 0.3) is 5.91 Å². The zero-order valence-electron chi connectivity index (χ0n) is 15.2. The summed E-state index contributed by atoms with van der Waals surface area (Å²) < 4.78 is 25.0. The Morgan fingerprint density at radius 1 is 1.25 bits per heavy atom. The van der Waals surface area contributed by atoms with E-state index in [2.05, 4.69) is 0 Å². The second-order valence-electron chi connectivity index (χ2n) is 5.92. The first-order valence-corrected chi connectivity index (χ1v) is 10.0. The number of carbonyl (C=O) groups excluding carboxylic acids is 1. The van der Waals surface area contributed by atoms with Gasteiger partial charge in [-0.3, -0.25) is 9.69 Å². The number of thioether (sulfide) groups is 1. The molecule has 0 aliphatic carbocycles. The van der Waals surface area contributed by atoms with Crippen LogP contribution in [0.25, 0.3) is 6.08 Å². The Kier molecular flexibility index (Phi) is 6.59. The summed E-state index contributed by atoms with van der Waals surface area (Å²) in [6.07, 6.45) is 1.72. The number of benzene rings is 2. The number of halogens is 2. The van der Waals surface area contributed by atoms with Gasteiger partial charge in [-0.2, -0.15) is 0 Å². The molecule has 146 valence electrons. The van der Waals surface area contributed by atoms with Crippen molar-refractivity contribution in [2.45, 2.75) is 13.5 Å². The van der Waals surface area contributed by atoms with Crippen LogP contribution in [0.5, 0.6) is 11.5 Å². The van der Waals surface area contributed by atoms with Gasteiger partial charge < -0.3 is 9.47 Å². The molecule has 2 aromatic rings. The summed E-state index contributed by atoms with van der Waals surface area (Å²) in [4.78, 5) is 14.1. The molecule has 0 spiro atoms. The fourth-order valence-electron chi connectivity index (χ4n) is 2.51. The number of amides is 1. The number of likely N-dealkylation sites (N-methyl/N-ethyl adjacent to an activating group) is 1. The highest BCUT2D eigenvalue weighted by Gasteiger charge is 2.28. The SMILES string of the molecule is CCOc1cc(C=C2SC(=S)N(C)C2=O)cc(Cl)c1OCc1ccc(F)cc1. The summed E-state index contributed by atoms with van der Waals surface area (Å²) in [6.45, 7) is 2.49. The van der Waals surface area contributed by atoms with Gasteiger partial charge in [0, 0.05) is 7.05 Å². The summed E-state index contributed by atoms with van der Waals surface area (Å²) in [5, 5.41) is 0.353. The molecule has 0 bridgehead atoms. The van der Waals surface area contributed by atoms with Gasteiger partial charge in [0.05, 0.1) is 16.5 Å². The van der Waals surface area contributed by atoms with Gasteiger partial charge in [0.1, 0.15) is 16.7 Å². The highest BCUT2D eigenvalue weighted by Crippen LogP contribution is 2.39. The number of hydrogen-bond acceptors (Lipinski definition) is 5. The number of carbonyl (C=O) groups is 1. The molecule has 0 N–H and O–H groups in total. The van der Waals surface area contributed by atoms with Crippen LogP contribution < -0.4 is 9.47 Å². The quantitative estimate of drug-likeness (QED) is 0.453. The maximum absolute atomic E-state index is 13.0. The first kappa shape index (κ1) is 20.6. The lowest BCUT2D eigenvalue weighted by molar-refractivity contribution is -0.121. The van der Waals surface area contributed by atoms with Crippen LogP contribution in [0.2, 0.25) is 5.02 Å². The van der Waals surface area contributed by atoms with Crippen LogP contribution in [0.1, 0.15) is 18.1 Å². The standard InChI is InChI=1S/C20H17ClFNO3S2/c1-3-25-16-9-13(10-17-19(24)23(2)20(27)28-17)8-15(21)18(16)26-11-12-4-6-14(22)7-5-12/h4-10H,3,11H2,1-2H3. The molecule has 1 aliphatic rings. The van der Waals surface area contributed by atoms with E-state index in [-0.39, 0.29) is 18.3 Å². The molecule has 0 aromatic heterocycles. The fourth-order valence-corrected chi connectivity index (χ4v) is 3.96. The van der Waals surface area contributed by atoms with Crippen LogP contribution in [-0.2, 0) is 11.4 Å². The predicted molar refractivity (Wildman–Crippen MR) is 114 cm³/mol. The molecular formula is C20H17ClFNO3S2. The van der Waals surface area contributed by atoms with Crippen LogP contribution >= 0.6 is 35.6 Å². The highest BCUT2D eigenvalue weighted by atomic mass is 35.5. The summed E-state index contributed by atoms with van der Waals surface area (Å²) >= 11 is 12.8. The van der Waals surface area contributed by atoms with Crippen molar-refractivity contribution in [3.63, 3.8) is 0 Å². The van der Waals surface area contributed by atoms with Crippen molar-refractivity contribution in [1.29, 1.82) is 0 Å². The van der Waals surface area contributed by atoms with Crippen LogP contribution in [-0.4, -0.2) is 28.8 Å². The highest BCUT2D eigenvalue weighted by molar-refractivity contribution is 8.26. The van der Waals surface area contributed by atoms with Gasteiger partial charge in [-0.15, -0.1) is 0 Å². The molecule has 2 aromatic carbocycles. The Morgan fingerprint density at radius 2 is 1.96 bits per heavy atom. The first-order valence-electron chi connectivity index (χ1n) is 8.44. The molecule has 1 amide bonds. The van der Waals surface area contributed by atoms with Gasteiger partial charge >= 0.3 is 0 Å². The summed E-state index contributed by atoms with van der Waals surface area (Å²) in [6, 6.07) is 9.49. The Labute approximate surface area is 177 Å². The lowest BCUT2D eigenvalue weighted by Gasteiger charge is -2.15. The molecule has 1 heterocycles. The minimum Gasteiger partial charge on any atom is -0.490 e. The van der Waals surface area contributed by atoms with Gasteiger partial charge in [-0.25, -0.2) is 4.39 Å². The second-order valence-corrected chi connectivity index (χ2v) is 8.00. The molecule has 1 fully saturated rings. The van der Waals surface area contributed by atoms with E-state index in [0.717, 1.165) is 5.56 Å². The van der Waals surface area contributed by atoms with Crippen molar-refractivity contribution in [2.24, 2.45) is 0 Å². The summed E-state index contributed by atoms with van der Waals surface area (Å²) in [7, 11) is 1.64. The average Bonchev–Trinajstić information content (AvgIpc) is 2.89. The molecule has 8 heteroatoms. The van der Waals surface area contributed by atoms with E-state index >= 15 is 0 Å². The van der Waals surface area contributed by atoms with Gasteiger partial charge in [0.2, 0.25) is 0 Å². The van der Waals surface area contributed by atoms with E-state index in [9.17, 15) is 9.18 Å². The number of thiocarbonyl (C=S) groups is 1. The normalized spacial score (nSPS) is 15.4. The molecule has 0 radical (unpaired) electrons. The van der Waals surface area contributed by atoms with Crippen LogP contribution in [0.15, 0.2) is 41.3 Å². The van der Waals surface area contributed by atoms with Crippen LogP contribution in [0.4, 0.5) is 4.39 Å². The van der Waals surface area contributed by atoms with Crippen molar-refractivity contribution in [3.8, 4) is 11.5 Å². The maximum Gasteiger partial charge on any atom is 0.265 e. The van der Waals surface area contributed by atoms with Crippen molar-refractivity contribution < 1.29 is 18.7 Å². The first-order chi connectivity index (χ1) is 13.4. The third kappa shape index (κ3) is 4.66. The zero-order chi connectivity index (χ0) is 20.3. The Morgan fingerprint density at radius 3 is 2.57 bits per heavy atom. The van der Waals surface area contributed by atoms with Gasteiger partial charge in [0.15, 0.2) is 11.5 Å². The Bertz CT molecular complexity index is 947. The Hall–Kier alpha value is -2.09. The van der Waals surface area contributed by atoms with E-state index in [1.807, 2.05) is 6.92 Å². The van der Waals surface area contributed by atoms with E-state index in [4.69, 9.17) is 33.3 Å². The maximum atomic E-state index is 13.0. The van der Waals surface area contributed by atoms with Crippen molar-refractivity contribution in [2.75, 3.05) is 13.7 Å². The lowest BCUT2D eigenvalue weighted by atomic mass is 10.1. The fraction of sp³-hybridized carbons (Fsp3) is 0.200. The topological polar surface area (TPSA) is 38.8 Å². The zero-order valence-corrected chi connectivity index (χ0v) is 17.6. The van der Waals surface area contributed by atoms with E-state index in [1.54, 1.807) is 37.4 Å². The second kappa shape index (κ2) is 8.94. The monoisotopic (exact) mass is 437 g/mol. The largest absolute Gasteiger partial charge is 0.490 e. The van der Waals surface area contributed by atoms with Crippen molar-refractivity contribution >= 4 is 51.9 Å². The smallest absolute Gasteiger partial charge is 0.265 e. The molecule has 1 saturated heterocycles. The number of ether oxygens (including phenoxy) is 2. The van der Waals surface area contributed by atoms with Crippen LogP contribution in [0, 0.1) is 5.82 Å². The minimum atomic E-state index is -0.307. The van der Waals surface area contributed by atoms with E-state index < -0.39 is 0 Å². The number of nitrogens with zero attached hydrogens (tertiary/aromatic N) is 1. The number of rotatable bonds is 6.